The van der Waals surface area contributed by atoms with E-state index in [1.165, 1.54) is 0 Å². The van der Waals surface area contributed by atoms with Gasteiger partial charge in [-0.25, -0.2) is 4.98 Å². The Morgan fingerprint density at radius 1 is 0.875 bits per heavy atom. The summed E-state index contributed by atoms with van der Waals surface area (Å²) in [6, 6.07) is 21.6. The molecule has 0 saturated carbocycles. The average Bonchev–Trinajstić information content (AvgIpc) is 2.60. The van der Waals surface area contributed by atoms with Crippen molar-refractivity contribution in [2.45, 2.75) is 0 Å². The molecule has 0 atom stereocenters. The van der Waals surface area contributed by atoms with Gasteiger partial charge in [0, 0.05) is 0 Å². The lowest BCUT2D eigenvalue weighted by Gasteiger charge is -2.12. The largest absolute Gasteiger partial charge is 0.497 e. The number of hydrogen-bond acceptors (Lipinski definition) is 4. The molecular formula is C20H19N3O. The second kappa shape index (κ2) is 6.87. The highest BCUT2D eigenvalue weighted by molar-refractivity contribution is 5.92. The molecule has 0 aliphatic carbocycles. The van der Waals surface area contributed by atoms with Crippen LogP contribution in [0.2, 0.25) is 0 Å². The maximum atomic E-state index is 5.88. The Kier molecular flexibility index (Phi) is 4.47. The van der Waals surface area contributed by atoms with Gasteiger partial charge in [0.15, 0.2) is 0 Å². The van der Waals surface area contributed by atoms with E-state index in [9.17, 15) is 0 Å². The fourth-order valence-corrected chi connectivity index (χ4v) is 2.57. The molecule has 0 amide bonds. The molecule has 4 N–H and O–H groups in total. The highest BCUT2D eigenvalue weighted by atomic mass is 16.5. The first-order valence-electron chi connectivity index (χ1n) is 7.60. The maximum absolute atomic E-state index is 5.88. The van der Waals surface area contributed by atoms with Crippen molar-refractivity contribution in [2.24, 2.45) is 0 Å². The Labute approximate surface area is 141 Å². The maximum Gasteiger partial charge on any atom is 0.126 e. The van der Waals surface area contributed by atoms with Gasteiger partial charge in [0.1, 0.15) is 17.4 Å². The topological polar surface area (TPSA) is 74.2 Å². The molecule has 0 saturated heterocycles. The van der Waals surface area contributed by atoms with E-state index < -0.39 is 0 Å². The molecule has 2 aromatic carbocycles. The van der Waals surface area contributed by atoms with E-state index in [-0.39, 0.29) is 0 Å². The van der Waals surface area contributed by atoms with Crippen LogP contribution in [0.15, 0.2) is 66.7 Å². The van der Waals surface area contributed by atoms with Crippen LogP contribution < -0.4 is 16.2 Å². The molecule has 0 fully saturated rings. The van der Waals surface area contributed by atoms with Crippen molar-refractivity contribution >= 4 is 23.3 Å². The van der Waals surface area contributed by atoms with Crippen molar-refractivity contribution < 1.29 is 4.74 Å². The summed E-state index contributed by atoms with van der Waals surface area (Å²) in [7, 11) is 1.65. The zero-order chi connectivity index (χ0) is 16.9. The fraction of sp³-hybridized carbons (Fsp3) is 0.0500. The molecule has 3 aromatic rings. The van der Waals surface area contributed by atoms with Gasteiger partial charge in [-0.05, 0) is 52.6 Å². The number of hydrogen-bond donors (Lipinski definition) is 2. The molecule has 24 heavy (non-hydrogen) atoms. The van der Waals surface area contributed by atoms with E-state index in [0.717, 1.165) is 28.0 Å². The summed E-state index contributed by atoms with van der Waals surface area (Å²) in [5.41, 5.74) is 15.8. The summed E-state index contributed by atoms with van der Waals surface area (Å²) in [4.78, 5) is 4.05. The quantitative estimate of drug-likeness (QED) is 0.717. The molecule has 0 aliphatic heterocycles. The molecule has 1 aromatic heterocycles. The lowest BCUT2D eigenvalue weighted by atomic mass is 9.96. The van der Waals surface area contributed by atoms with Crippen LogP contribution in [-0.4, -0.2) is 12.1 Å². The zero-order valence-corrected chi connectivity index (χ0v) is 13.4. The Balaban J connectivity index is 2.18. The van der Waals surface area contributed by atoms with Crippen molar-refractivity contribution in [3.63, 3.8) is 0 Å². The highest BCUT2D eigenvalue weighted by Crippen LogP contribution is 2.30. The van der Waals surface area contributed by atoms with Crippen LogP contribution in [0.5, 0.6) is 5.75 Å². The Morgan fingerprint density at radius 3 is 2.25 bits per heavy atom. The van der Waals surface area contributed by atoms with Crippen LogP contribution in [0.25, 0.3) is 11.6 Å². The summed E-state index contributed by atoms with van der Waals surface area (Å²) >= 11 is 0. The summed E-state index contributed by atoms with van der Waals surface area (Å²) in [5, 5.41) is 0. The van der Waals surface area contributed by atoms with E-state index in [4.69, 9.17) is 16.2 Å². The second-order valence-corrected chi connectivity index (χ2v) is 5.41. The fourth-order valence-electron chi connectivity index (χ4n) is 2.57. The van der Waals surface area contributed by atoms with Gasteiger partial charge in [0.25, 0.3) is 0 Å². The van der Waals surface area contributed by atoms with Crippen LogP contribution in [0.3, 0.4) is 0 Å². The van der Waals surface area contributed by atoms with Crippen molar-refractivity contribution in [3.05, 3.63) is 83.4 Å². The molecular weight excluding hydrogens is 298 g/mol. The number of rotatable bonds is 4. The number of nitrogens with zero attached hydrogens (tertiary/aromatic N) is 1. The number of nitrogen functional groups attached to an aromatic ring is 2. The number of nitrogens with two attached hydrogens (primary N) is 2. The van der Waals surface area contributed by atoms with Gasteiger partial charge in [-0.2, -0.15) is 0 Å². The minimum Gasteiger partial charge on any atom is -0.497 e. The number of anilines is 2. The molecule has 0 spiro atoms. The van der Waals surface area contributed by atoms with Gasteiger partial charge in [0.2, 0.25) is 0 Å². The van der Waals surface area contributed by atoms with Crippen molar-refractivity contribution in [1.82, 2.24) is 4.98 Å². The van der Waals surface area contributed by atoms with Gasteiger partial charge in [0.05, 0.1) is 7.11 Å². The number of pyridine rings is 1. The van der Waals surface area contributed by atoms with Gasteiger partial charge < -0.3 is 16.2 Å². The number of ether oxygens (including phenoxy) is 1. The van der Waals surface area contributed by atoms with Crippen LogP contribution in [0.4, 0.5) is 11.6 Å². The third kappa shape index (κ3) is 3.55. The summed E-state index contributed by atoms with van der Waals surface area (Å²) in [6.45, 7) is 0. The van der Waals surface area contributed by atoms with E-state index in [1.54, 1.807) is 7.11 Å². The molecule has 0 unspecified atom stereocenters. The zero-order valence-electron chi connectivity index (χ0n) is 13.4. The van der Waals surface area contributed by atoms with Crippen LogP contribution in [0.1, 0.15) is 16.7 Å². The molecule has 0 bridgehead atoms. The first-order valence-corrected chi connectivity index (χ1v) is 7.60. The summed E-state index contributed by atoms with van der Waals surface area (Å²) in [6.07, 6.45) is 2.10. The van der Waals surface area contributed by atoms with E-state index >= 15 is 0 Å². The highest BCUT2D eigenvalue weighted by Gasteiger charge is 2.09. The van der Waals surface area contributed by atoms with Crippen molar-refractivity contribution in [1.29, 1.82) is 0 Å². The predicted octanol–water partition coefficient (Wildman–Crippen LogP) is 3.84. The molecule has 1 heterocycles. The van der Waals surface area contributed by atoms with Crippen molar-refractivity contribution in [3.8, 4) is 5.75 Å². The third-order valence-electron chi connectivity index (χ3n) is 3.67. The summed E-state index contributed by atoms with van der Waals surface area (Å²) in [5.74, 6) is 1.58. The molecule has 3 rings (SSSR count). The Hall–Kier alpha value is -3.27. The van der Waals surface area contributed by atoms with E-state index in [0.29, 0.717) is 11.6 Å². The minimum absolute atomic E-state index is 0.395. The van der Waals surface area contributed by atoms with Crippen LogP contribution in [-0.2, 0) is 0 Å². The SMILES string of the molecule is COc1cccc(/C(=C/c2ccccc2)c2cc(N)nc(N)c2)c1. The van der Waals surface area contributed by atoms with Gasteiger partial charge in [-0.15, -0.1) is 0 Å². The Morgan fingerprint density at radius 2 is 1.58 bits per heavy atom. The molecule has 4 nitrogen and oxygen atoms in total. The molecule has 0 aliphatic rings. The van der Waals surface area contributed by atoms with E-state index in [2.05, 4.69) is 11.1 Å². The predicted molar refractivity (Wildman–Crippen MR) is 99.5 cm³/mol. The normalized spacial score (nSPS) is 11.3. The van der Waals surface area contributed by atoms with Crippen LogP contribution >= 0.6 is 0 Å². The van der Waals surface area contributed by atoms with Crippen molar-refractivity contribution in [2.75, 3.05) is 18.6 Å². The number of aromatic nitrogens is 1. The lowest BCUT2D eigenvalue weighted by molar-refractivity contribution is 0.414. The summed E-state index contributed by atoms with van der Waals surface area (Å²) < 4.78 is 5.35. The van der Waals surface area contributed by atoms with Gasteiger partial charge in [-0.1, -0.05) is 42.5 Å². The Bertz CT molecular complexity index is 853. The molecule has 4 heteroatoms. The first kappa shape index (κ1) is 15.6. The minimum atomic E-state index is 0.395. The number of methoxy groups -OCH3 is 1. The number of benzene rings is 2. The first-order chi connectivity index (χ1) is 11.7. The third-order valence-corrected chi connectivity index (χ3v) is 3.67. The average molecular weight is 317 g/mol. The second-order valence-electron chi connectivity index (χ2n) is 5.41. The van der Waals surface area contributed by atoms with Crippen LogP contribution in [0, 0.1) is 0 Å². The van der Waals surface area contributed by atoms with Gasteiger partial charge in [-0.3, -0.25) is 0 Å². The molecule has 0 radical (unpaired) electrons. The molecule has 120 valence electrons. The smallest absolute Gasteiger partial charge is 0.126 e. The van der Waals surface area contributed by atoms with E-state index in [1.807, 2.05) is 66.7 Å². The monoisotopic (exact) mass is 317 g/mol. The van der Waals surface area contributed by atoms with Gasteiger partial charge >= 0.3 is 0 Å². The lowest BCUT2D eigenvalue weighted by Crippen LogP contribution is -1.99. The standard InChI is InChI=1S/C20H19N3O/c1-24-17-9-5-8-15(11-17)18(10-14-6-3-2-4-7-14)16-12-19(21)23-20(22)13-16/h2-13H,1H3,(H4,21,22,23)/b18-10-.